The van der Waals surface area contributed by atoms with Crippen LogP contribution >= 0.6 is 11.8 Å². The fraction of sp³-hybridized carbons (Fsp3) is 0.235. The SMILES string of the molecule is CCc1ccc(Sc2ccc(C(=O)OC)c(C)c2)cc1. The van der Waals surface area contributed by atoms with Gasteiger partial charge in [-0.1, -0.05) is 30.8 Å². The minimum Gasteiger partial charge on any atom is -0.465 e. The average Bonchev–Trinajstić information content (AvgIpc) is 2.47. The molecule has 0 saturated heterocycles. The number of benzene rings is 2. The zero-order valence-corrected chi connectivity index (χ0v) is 12.8. The smallest absolute Gasteiger partial charge is 0.338 e. The van der Waals surface area contributed by atoms with Crippen molar-refractivity contribution in [2.45, 2.75) is 30.1 Å². The lowest BCUT2D eigenvalue weighted by Gasteiger charge is -2.07. The van der Waals surface area contributed by atoms with Crippen molar-refractivity contribution in [1.82, 2.24) is 0 Å². The Hall–Kier alpha value is -1.74. The summed E-state index contributed by atoms with van der Waals surface area (Å²) in [6.45, 7) is 4.08. The molecule has 0 aromatic heterocycles. The number of aryl methyl sites for hydroxylation is 2. The van der Waals surface area contributed by atoms with E-state index in [-0.39, 0.29) is 5.97 Å². The predicted octanol–water partition coefficient (Wildman–Crippen LogP) is 4.50. The second kappa shape index (κ2) is 6.62. The van der Waals surface area contributed by atoms with Gasteiger partial charge in [-0.25, -0.2) is 4.79 Å². The van der Waals surface area contributed by atoms with E-state index in [1.54, 1.807) is 11.8 Å². The summed E-state index contributed by atoms with van der Waals surface area (Å²) in [5.41, 5.74) is 2.90. The van der Waals surface area contributed by atoms with Gasteiger partial charge in [0.2, 0.25) is 0 Å². The molecule has 20 heavy (non-hydrogen) atoms. The van der Waals surface area contributed by atoms with Crippen molar-refractivity contribution in [1.29, 1.82) is 0 Å². The predicted molar refractivity (Wildman–Crippen MR) is 82.5 cm³/mol. The van der Waals surface area contributed by atoms with E-state index >= 15 is 0 Å². The van der Waals surface area contributed by atoms with Crippen molar-refractivity contribution >= 4 is 17.7 Å². The largest absolute Gasteiger partial charge is 0.465 e. The molecule has 0 bridgehead atoms. The maximum absolute atomic E-state index is 11.5. The molecule has 2 aromatic carbocycles. The number of hydrogen-bond donors (Lipinski definition) is 0. The molecule has 0 fully saturated rings. The van der Waals surface area contributed by atoms with Crippen molar-refractivity contribution in [3.05, 3.63) is 59.2 Å². The van der Waals surface area contributed by atoms with E-state index in [1.165, 1.54) is 17.6 Å². The summed E-state index contributed by atoms with van der Waals surface area (Å²) in [4.78, 5) is 13.9. The van der Waals surface area contributed by atoms with Crippen LogP contribution in [0.2, 0.25) is 0 Å². The summed E-state index contributed by atoms with van der Waals surface area (Å²) in [7, 11) is 1.40. The van der Waals surface area contributed by atoms with Gasteiger partial charge in [-0.3, -0.25) is 0 Å². The molecule has 0 aliphatic carbocycles. The number of esters is 1. The van der Waals surface area contributed by atoms with Crippen molar-refractivity contribution < 1.29 is 9.53 Å². The Balaban J connectivity index is 2.17. The second-order valence-electron chi connectivity index (χ2n) is 4.57. The number of carbonyl (C=O) groups is 1. The normalized spacial score (nSPS) is 10.3. The van der Waals surface area contributed by atoms with Crippen LogP contribution < -0.4 is 0 Å². The molecular weight excluding hydrogens is 268 g/mol. The lowest BCUT2D eigenvalue weighted by molar-refractivity contribution is 0.0600. The number of carbonyl (C=O) groups excluding carboxylic acids is 1. The van der Waals surface area contributed by atoms with Crippen LogP contribution in [0.4, 0.5) is 0 Å². The lowest BCUT2D eigenvalue weighted by atomic mass is 10.1. The second-order valence-corrected chi connectivity index (χ2v) is 5.71. The van der Waals surface area contributed by atoms with Gasteiger partial charge in [0.25, 0.3) is 0 Å². The summed E-state index contributed by atoms with van der Waals surface area (Å²) in [6, 6.07) is 14.4. The van der Waals surface area contributed by atoms with Crippen molar-refractivity contribution in [3.63, 3.8) is 0 Å². The molecular formula is C17H18O2S. The van der Waals surface area contributed by atoms with Gasteiger partial charge < -0.3 is 4.74 Å². The minimum absolute atomic E-state index is 0.286. The number of methoxy groups -OCH3 is 1. The van der Waals surface area contributed by atoms with Crippen molar-refractivity contribution in [3.8, 4) is 0 Å². The maximum Gasteiger partial charge on any atom is 0.338 e. The molecule has 3 heteroatoms. The summed E-state index contributed by atoms with van der Waals surface area (Å²) >= 11 is 1.70. The zero-order valence-electron chi connectivity index (χ0n) is 12.0. The monoisotopic (exact) mass is 286 g/mol. The van der Waals surface area contributed by atoms with Gasteiger partial charge in [-0.05, 0) is 54.8 Å². The van der Waals surface area contributed by atoms with Gasteiger partial charge in [0.1, 0.15) is 0 Å². The third kappa shape index (κ3) is 3.42. The zero-order chi connectivity index (χ0) is 14.5. The highest BCUT2D eigenvalue weighted by molar-refractivity contribution is 7.99. The quantitative estimate of drug-likeness (QED) is 0.774. The van der Waals surface area contributed by atoms with Crippen LogP contribution in [0, 0.1) is 6.92 Å². The first-order valence-corrected chi connectivity index (χ1v) is 7.41. The van der Waals surface area contributed by atoms with E-state index in [9.17, 15) is 4.79 Å². The molecule has 0 N–H and O–H groups in total. The summed E-state index contributed by atoms with van der Waals surface area (Å²) in [6.07, 6.45) is 1.05. The average molecular weight is 286 g/mol. The number of hydrogen-bond acceptors (Lipinski definition) is 3. The topological polar surface area (TPSA) is 26.3 Å². The first-order valence-electron chi connectivity index (χ1n) is 6.59. The van der Waals surface area contributed by atoms with E-state index in [4.69, 9.17) is 4.74 Å². The number of rotatable bonds is 4. The van der Waals surface area contributed by atoms with Crippen LogP contribution in [-0.4, -0.2) is 13.1 Å². The molecule has 0 radical (unpaired) electrons. The molecule has 0 amide bonds. The van der Waals surface area contributed by atoms with Crippen LogP contribution in [0.5, 0.6) is 0 Å². The van der Waals surface area contributed by atoms with Crippen molar-refractivity contribution in [2.24, 2.45) is 0 Å². The number of ether oxygens (including phenoxy) is 1. The van der Waals surface area contributed by atoms with Gasteiger partial charge in [0.15, 0.2) is 0 Å². The molecule has 0 atom stereocenters. The molecule has 0 aliphatic heterocycles. The van der Waals surface area contributed by atoms with E-state index in [0.717, 1.165) is 16.9 Å². The highest BCUT2D eigenvalue weighted by atomic mass is 32.2. The Morgan fingerprint density at radius 2 is 1.75 bits per heavy atom. The van der Waals surface area contributed by atoms with Gasteiger partial charge >= 0.3 is 5.97 Å². The van der Waals surface area contributed by atoms with Crippen LogP contribution in [0.1, 0.15) is 28.4 Å². The Morgan fingerprint density at radius 1 is 1.10 bits per heavy atom. The third-order valence-corrected chi connectivity index (χ3v) is 4.17. The fourth-order valence-corrected chi connectivity index (χ4v) is 2.88. The Bertz CT molecular complexity index is 603. The first kappa shape index (κ1) is 14.7. The van der Waals surface area contributed by atoms with Crippen LogP contribution in [-0.2, 0) is 11.2 Å². The molecule has 0 saturated carbocycles. The summed E-state index contributed by atoms with van der Waals surface area (Å²) in [5, 5.41) is 0. The Kier molecular flexibility index (Phi) is 4.85. The van der Waals surface area contributed by atoms with E-state index in [2.05, 4.69) is 31.2 Å². The molecule has 2 nitrogen and oxygen atoms in total. The van der Waals surface area contributed by atoms with E-state index in [1.807, 2.05) is 25.1 Å². The minimum atomic E-state index is -0.286. The first-order chi connectivity index (χ1) is 9.63. The van der Waals surface area contributed by atoms with Gasteiger partial charge in [0, 0.05) is 9.79 Å². The molecule has 0 unspecified atom stereocenters. The van der Waals surface area contributed by atoms with Crippen LogP contribution in [0.15, 0.2) is 52.3 Å². The molecule has 2 rings (SSSR count). The summed E-state index contributed by atoms with van der Waals surface area (Å²) in [5.74, 6) is -0.286. The molecule has 2 aromatic rings. The molecule has 0 aliphatic rings. The van der Waals surface area contributed by atoms with Gasteiger partial charge in [0.05, 0.1) is 12.7 Å². The molecule has 0 spiro atoms. The van der Waals surface area contributed by atoms with Crippen molar-refractivity contribution in [2.75, 3.05) is 7.11 Å². The lowest BCUT2D eigenvalue weighted by Crippen LogP contribution is -2.03. The third-order valence-electron chi connectivity index (χ3n) is 3.17. The Labute approximate surface area is 124 Å². The highest BCUT2D eigenvalue weighted by Crippen LogP contribution is 2.29. The summed E-state index contributed by atoms with van der Waals surface area (Å²) < 4.78 is 4.76. The highest BCUT2D eigenvalue weighted by Gasteiger charge is 2.09. The van der Waals surface area contributed by atoms with E-state index < -0.39 is 0 Å². The standard InChI is InChI=1S/C17H18O2S/c1-4-13-5-7-14(8-6-13)20-15-9-10-16(12(2)11-15)17(18)19-3/h5-11H,4H2,1-3H3. The fourth-order valence-electron chi connectivity index (χ4n) is 1.97. The molecule has 0 heterocycles. The van der Waals surface area contributed by atoms with E-state index in [0.29, 0.717) is 5.56 Å². The molecule has 104 valence electrons. The Morgan fingerprint density at radius 3 is 2.30 bits per heavy atom. The van der Waals surface area contributed by atoms with Gasteiger partial charge in [-0.15, -0.1) is 0 Å². The maximum atomic E-state index is 11.5. The van der Waals surface area contributed by atoms with Crippen LogP contribution in [0.3, 0.4) is 0 Å². The van der Waals surface area contributed by atoms with Gasteiger partial charge in [-0.2, -0.15) is 0 Å². The van der Waals surface area contributed by atoms with Crippen LogP contribution in [0.25, 0.3) is 0 Å².